The summed E-state index contributed by atoms with van der Waals surface area (Å²) in [5.41, 5.74) is 1.80. The van der Waals surface area contributed by atoms with E-state index in [4.69, 9.17) is 4.74 Å². The van der Waals surface area contributed by atoms with Crippen LogP contribution in [0.2, 0.25) is 0 Å². The van der Waals surface area contributed by atoms with Gasteiger partial charge in [0.2, 0.25) is 0 Å². The quantitative estimate of drug-likeness (QED) is 0.765. The van der Waals surface area contributed by atoms with Crippen LogP contribution in [-0.2, 0) is 11.2 Å². The smallest absolute Gasteiger partial charge is 0.338 e. The Morgan fingerprint density at radius 1 is 1.31 bits per heavy atom. The van der Waals surface area contributed by atoms with Gasteiger partial charge >= 0.3 is 5.97 Å². The van der Waals surface area contributed by atoms with Gasteiger partial charge in [0.1, 0.15) is 0 Å². The van der Waals surface area contributed by atoms with Gasteiger partial charge in [0, 0.05) is 4.47 Å². The van der Waals surface area contributed by atoms with Crippen LogP contribution < -0.4 is 0 Å². The fourth-order valence-electron chi connectivity index (χ4n) is 1.44. The zero-order chi connectivity index (χ0) is 12.0. The van der Waals surface area contributed by atoms with Gasteiger partial charge in [0.05, 0.1) is 12.2 Å². The lowest BCUT2D eigenvalue weighted by Gasteiger charge is -2.07. The lowest BCUT2D eigenvalue weighted by Crippen LogP contribution is -2.06. The average molecular weight is 285 g/mol. The van der Waals surface area contributed by atoms with E-state index >= 15 is 0 Å². The molecule has 0 aliphatic rings. The molecule has 0 N–H and O–H groups in total. The van der Waals surface area contributed by atoms with Crippen molar-refractivity contribution in [2.45, 2.75) is 33.1 Å². The Bertz CT molecular complexity index is 361. The molecule has 0 aliphatic carbocycles. The van der Waals surface area contributed by atoms with Gasteiger partial charge in [-0.15, -0.1) is 0 Å². The fourth-order valence-corrected chi connectivity index (χ4v) is 1.89. The topological polar surface area (TPSA) is 26.3 Å². The minimum absolute atomic E-state index is 0.230. The van der Waals surface area contributed by atoms with Gasteiger partial charge in [-0.2, -0.15) is 0 Å². The van der Waals surface area contributed by atoms with Crippen molar-refractivity contribution < 1.29 is 9.53 Å². The molecule has 0 saturated heterocycles. The Labute approximate surface area is 105 Å². The molecule has 0 aromatic heterocycles. The number of rotatable bonds is 5. The van der Waals surface area contributed by atoms with Gasteiger partial charge in [0.15, 0.2) is 0 Å². The number of hydrogen-bond acceptors (Lipinski definition) is 2. The van der Waals surface area contributed by atoms with Crippen molar-refractivity contribution in [1.82, 2.24) is 0 Å². The molecule has 0 aliphatic heterocycles. The Morgan fingerprint density at radius 2 is 2.06 bits per heavy atom. The summed E-state index contributed by atoms with van der Waals surface area (Å²) >= 11 is 3.48. The van der Waals surface area contributed by atoms with Crippen molar-refractivity contribution in [3.63, 3.8) is 0 Å². The van der Waals surface area contributed by atoms with Gasteiger partial charge < -0.3 is 4.74 Å². The number of hydrogen-bond donors (Lipinski definition) is 0. The minimum Gasteiger partial charge on any atom is -0.462 e. The maximum atomic E-state index is 11.6. The van der Waals surface area contributed by atoms with Gasteiger partial charge in [-0.25, -0.2) is 4.79 Å². The molecule has 0 radical (unpaired) electrons. The van der Waals surface area contributed by atoms with Crippen molar-refractivity contribution in [3.8, 4) is 0 Å². The Hall–Kier alpha value is -0.830. The highest BCUT2D eigenvalue weighted by Crippen LogP contribution is 2.20. The van der Waals surface area contributed by atoms with E-state index in [9.17, 15) is 4.79 Å². The van der Waals surface area contributed by atoms with Crippen LogP contribution in [0.15, 0.2) is 22.7 Å². The summed E-state index contributed by atoms with van der Waals surface area (Å²) in [7, 11) is 0. The summed E-state index contributed by atoms with van der Waals surface area (Å²) in [6, 6.07) is 5.61. The summed E-state index contributed by atoms with van der Waals surface area (Å²) in [6.07, 6.45) is 2.88. The number of benzene rings is 1. The summed E-state index contributed by atoms with van der Waals surface area (Å²) in [6.45, 7) is 4.59. The molecule has 1 rings (SSSR count). The zero-order valence-electron chi connectivity index (χ0n) is 9.75. The highest BCUT2D eigenvalue weighted by atomic mass is 79.9. The predicted octanol–water partition coefficient (Wildman–Crippen LogP) is 3.97. The number of aryl methyl sites for hydroxylation is 1. The molecule has 0 atom stereocenters. The molecule has 0 saturated carbocycles. The number of esters is 1. The molecule has 0 amide bonds. The molecule has 0 heterocycles. The highest BCUT2D eigenvalue weighted by molar-refractivity contribution is 9.10. The molecule has 1 aromatic carbocycles. The van der Waals surface area contributed by atoms with Crippen LogP contribution >= 0.6 is 15.9 Å². The Balaban J connectivity index is 2.81. The molecule has 2 nitrogen and oxygen atoms in total. The van der Waals surface area contributed by atoms with E-state index in [1.807, 2.05) is 19.1 Å². The SMILES string of the molecule is CCCOC(=O)c1ccc(Br)c(CCC)c1. The van der Waals surface area contributed by atoms with E-state index in [0.29, 0.717) is 12.2 Å². The van der Waals surface area contributed by atoms with Crippen LogP contribution in [0, 0.1) is 0 Å². The first-order valence-electron chi connectivity index (χ1n) is 5.64. The lowest BCUT2D eigenvalue weighted by atomic mass is 10.1. The maximum Gasteiger partial charge on any atom is 0.338 e. The summed E-state index contributed by atoms with van der Waals surface area (Å²) in [4.78, 5) is 11.6. The van der Waals surface area contributed by atoms with Gasteiger partial charge in [0.25, 0.3) is 0 Å². The highest BCUT2D eigenvalue weighted by Gasteiger charge is 2.09. The molecule has 88 valence electrons. The zero-order valence-corrected chi connectivity index (χ0v) is 11.3. The summed E-state index contributed by atoms with van der Waals surface area (Å²) in [5, 5.41) is 0. The van der Waals surface area contributed by atoms with Crippen LogP contribution in [0.3, 0.4) is 0 Å². The van der Waals surface area contributed by atoms with Crippen molar-refractivity contribution in [2.24, 2.45) is 0 Å². The monoisotopic (exact) mass is 284 g/mol. The van der Waals surface area contributed by atoms with Gasteiger partial charge in [-0.05, 0) is 36.6 Å². The molecule has 0 spiro atoms. The number of carbonyl (C=O) groups is 1. The first kappa shape index (κ1) is 13.2. The standard InChI is InChI=1S/C13H17BrO2/c1-3-5-10-9-11(6-7-12(10)14)13(15)16-8-4-2/h6-7,9H,3-5,8H2,1-2H3. The van der Waals surface area contributed by atoms with Crippen LogP contribution in [-0.4, -0.2) is 12.6 Å². The first-order valence-corrected chi connectivity index (χ1v) is 6.43. The largest absolute Gasteiger partial charge is 0.462 e. The number of halogens is 1. The predicted molar refractivity (Wildman–Crippen MR) is 68.7 cm³/mol. The Morgan fingerprint density at radius 3 is 2.69 bits per heavy atom. The molecule has 1 aromatic rings. The number of carbonyl (C=O) groups excluding carboxylic acids is 1. The third kappa shape index (κ3) is 3.63. The number of ether oxygens (including phenoxy) is 1. The maximum absolute atomic E-state index is 11.6. The van der Waals surface area contributed by atoms with Gasteiger partial charge in [-0.3, -0.25) is 0 Å². The third-order valence-electron chi connectivity index (χ3n) is 2.24. The molecular weight excluding hydrogens is 268 g/mol. The van der Waals surface area contributed by atoms with Crippen molar-refractivity contribution in [3.05, 3.63) is 33.8 Å². The fraction of sp³-hybridized carbons (Fsp3) is 0.462. The molecule has 0 bridgehead atoms. The van der Waals surface area contributed by atoms with E-state index in [-0.39, 0.29) is 5.97 Å². The van der Waals surface area contributed by atoms with E-state index < -0.39 is 0 Å². The molecule has 16 heavy (non-hydrogen) atoms. The van der Waals surface area contributed by atoms with Crippen LogP contribution in [0.5, 0.6) is 0 Å². The second kappa shape index (κ2) is 6.69. The van der Waals surface area contributed by atoms with Crippen molar-refractivity contribution >= 4 is 21.9 Å². The van der Waals surface area contributed by atoms with Crippen molar-refractivity contribution in [2.75, 3.05) is 6.61 Å². The molecule has 3 heteroatoms. The minimum atomic E-state index is -0.230. The average Bonchev–Trinajstić information content (AvgIpc) is 2.29. The van der Waals surface area contributed by atoms with E-state index in [1.165, 1.54) is 0 Å². The molecule has 0 fully saturated rings. The van der Waals surface area contributed by atoms with E-state index in [1.54, 1.807) is 6.07 Å². The molecular formula is C13H17BrO2. The van der Waals surface area contributed by atoms with E-state index in [0.717, 1.165) is 29.3 Å². The Kier molecular flexibility index (Phi) is 5.53. The van der Waals surface area contributed by atoms with Crippen molar-refractivity contribution in [1.29, 1.82) is 0 Å². The summed E-state index contributed by atoms with van der Waals surface area (Å²) < 4.78 is 6.15. The second-order valence-electron chi connectivity index (χ2n) is 3.69. The van der Waals surface area contributed by atoms with E-state index in [2.05, 4.69) is 22.9 Å². The lowest BCUT2D eigenvalue weighted by molar-refractivity contribution is 0.0505. The second-order valence-corrected chi connectivity index (χ2v) is 4.55. The third-order valence-corrected chi connectivity index (χ3v) is 3.01. The summed E-state index contributed by atoms with van der Waals surface area (Å²) in [5.74, 6) is -0.230. The van der Waals surface area contributed by atoms with Gasteiger partial charge in [-0.1, -0.05) is 36.2 Å². The van der Waals surface area contributed by atoms with Crippen LogP contribution in [0.4, 0.5) is 0 Å². The molecule has 0 unspecified atom stereocenters. The van der Waals surface area contributed by atoms with Crippen LogP contribution in [0.1, 0.15) is 42.6 Å². The normalized spacial score (nSPS) is 10.2. The van der Waals surface area contributed by atoms with Crippen LogP contribution in [0.25, 0.3) is 0 Å². The first-order chi connectivity index (χ1) is 7.69.